The SMILES string of the molecule is COc1ccccc1Sc1nc2ccccc2s1. The van der Waals surface area contributed by atoms with Crippen LogP contribution < -0.4 is 4.74 Å². The Balaban J connectivity index is 1.96. The van der Waals surface area contributed by atoms with Crippen molar-refractivity contribution >= 4 is 33.3 Å². The van der Waals surface area contributed by atoms with Crippen LogP contribution in [0, 0.1) is 0 Å². The number of rotatable bonds is 3. The summed E-state index contributed by atoms with van der Waals surface area (Å²) >= 11 is 3.35. The first-order valence-electron chi connectivity index (χ1n) is 5.53. The van der Waals surface area contributed by atoms with Crippen molar-refractivity contribution in [2.24, 2.45) is 0 Å². The highest BCUT2D eigenvalue weighted by Gasteiger charge is 2.08. The Kier molecular flexibility index (Phi) is 3.21. The number of para-hydroxylation sites is 2. The van der Waals surface area contributed by atoms with Crippen LogP contribution in [0.5, 0.6) is 5.75 Å². The number of hydrogen-bond donors (Lipinski definition) is 0. The minimum atomic E-state index is 0.891. The average molecular weight is 273 g/mol. The summed E-state index contributed by atoms with van der Waals surface area (Å²) in [5.74, 6) is 0.891. The van der Waals surface area contributed by atoms with Gasteiger partial charge < -0.3 is 4.74 Å². The van der Waals surface area contributed by atoms with E-state index in [1.165, 1.54) is 4.70 Å². The van der Waals surface area contributed by atoms with Gasteiger partial charge in [0.2, 0.25) is 0 Å². The normalized spacial score (nSPS) is 10.7. The summed E-state index contributed by atoms with van der Waals surface area (Å²) in [6.07, 6.45) is 0. The summed E-state index contributed by atoms with van der Waals surface area (Å²) in [6, 6.07) is 16.2. The third-order valence-corrected chi connectivity index (χ3v) is 4.69. The van der Waals surface area contributed by atoms with Crippen molar-refractivity contribution in [1.82, 2.24) is 4.98 Å². The summed E-state index contributed by atoms with van der Waals surface area (Å²) in [6.45, 7) is 0. The summed E-state index contributed by atoms with van der Waals surface area (Å²) in [7, 11) is 1.69. The second-order valence-electron chi connectivity index (χ2n) is 3.70. The number of thiazole rings is 1. The molecular weight excluding hydrogens is 262 g/mol. The maximum absolute atomic E-state index is 5.35. The topological polar surface area (TPSA) is 22.1 Å². The van der Waals surface area contributed by atoms with Gasteiger partial charge in [0, 0.05) is 0 Å². The van der Waals surface area contributed by atoms with Crippen LogP contribution in [0.1, 0.15) is 0 Å². The predicted octanol–water partition coefficient (Wildman–Crippen LogP) is 4.46. The van der Waals surface area contributed by atoms with E-state index in [0.29, 0.717) is 0 Å². The van der Waals surface area contributed by atoms with Gasteiger partial charge in [-0.3, -0.25) is 0 Å². The maximum atomic E-state index is 5.35. The molecule has 2 aromatic carbocycles. The highest BCUT2D eigenvalue weighted by molar-refractivity contribution is 8.01. The monoisotopic (exact) mass is 273 g/mol. The fourth-order valence-electron chi connectivity index (χ4n) is 1.69. The zero-order valence-corrected chi connectivity index (χ0v) is 11.4. The van der Waals surface area contributed by atoms with Gasteiger partial charge in [-0.1, -0.05) is 36.0 Å². The van der Waals surface area contributed by atoms with E-state index in [1.54, 1.807) is 30.2 Å². The Bertz CT molecular complexity index is 645. The lowest BCUT2D eigenvalue weighted by atomic mass is 10.3. The fraction of sp³-hybridized carbons (Fsp3) is 0.0714. The molecule has 4 heteroatoms. The van der Waals surface area contributed by atoms with E-state index in [2.05, 4.69) is 17.1 Å². The van der Waals surface area contributed by atoms with E-state index in [9.17, 15) is 0 Å². The zero-order valence-electron chi connectivity index (χ0n) is 9.79. The number of aromatic nitrogens is 1. The molecule has 0 radical (unpaired) electrons. The standard InChI is InChI=1S/C14H11NOS2/c1-16-11-7-3-5-9-13(11)18-14-15-10-6-2-4-8-12(10)17-14/h2-9H,1H3. The van der Waals surface area contributed by atoms with E-state index in [1.807, 2.05) is 36.4 Å². The molecule has 0 unspecified atom stereocenters. The number of benzene rings is 2. The van der Waals surface area contributed by atoms with E-state index in [0.717, 1.165) is 20.5 Å². The molecule has 1 heterocycles. The molecule has 1 aromatic heterocycles. The highest BCUT2D eigenvalue weighted by atomic mass is 32.2. The maximum Gasteiger partial charge on any atom is 0.156 e. The van der Waals surface area contributed by atoms with Crippen LogP contribution in [0.3, 0.4) is 0 Å². The molecule has 0 spiro atoms. The van der Waals surface area contributed by atoms with Crippen LogP contribution in [-0.2, 0) is 0 Å². The molecule has 3 rings (SSSR count). The Morgan fingerprint density at radius 3 is 2.67 bits per heavy atom. The Labute approximate surface area is 114 Å². The molecule has 0 aliphatic carbocycles. The van der Waals surface area contributed by atoms with Gasteiger partial charge in [0.25, 0.3) is 0 Å². The summed E-state index contributed by atoms with van der Waals surface area (Å²) in [4.78, 5) is 5.71. The van der Waals surface area contributed by atoms with Gasteiger partial charge in [0.15, 0.2) is 4.34 Å². The molecule has 90 valence electrons. The minimum Gasteiger partial charge on any atom is -0.496 e. The first-order valence-corrected chi connectivity index (χ1v) is 7.16. The minimum absolute atomic E-state index is 0.891. The number of ether oxygens (including phenoxy) is 1. The molecule has 0 amide bonds. The lowest BCUT2D eigenvalue weighted by Crippen LogP contribution is -1.84. The molecule has 0 N–H and O–H groups in total. The molecule has 0 saturated carbocycles. The average Bonchev–Trinajstić information content (AvgIpc) is 2.81. The fourth-order valence-corrected chi connectivity index (χ4v) is 3.82. The van der Waals surface area contributed by atoms with Gasteiger partial charge in [0.05, 0.1) is 22.2 Å². The van der Waals surface area contributed by atoms with Gasteiger partial charge in [-0.05, 0) is 24.3 Å². The van der Waals surface area contributed by atoms with Crippen molar-refractivity contribution in [1.29, 1.82) is 0 Å². The van der Waals surface area contributed by atoms with Gasteiger partial charge >= 0.3 is 0 Å². The number of nitrogens with zero attached hydrogens (tertiary/aromatic N) is 1. The molecule has 0 aliphatic rings. The number of fused-ring (bicyclic) bond motifs is 1. The van der Waals surface area contributed by atoms with Crippen molar-refractivity contribution in [3.63, 3.8) is 0 Å². The van der Waals surface area contributed by atoms with Crippen molar-refractivity contribution in [3.05, 3.63) is 48.5 Å². The third kappa shape index (κ3) is 2.21. The van der Waals surface area contributed by atoms with Gasteiger partial charge in [-0.25, -0.2) is 4.98 Å². The van der Waals surface area contributed by atoms with Gasteiger partial charge in [-0.15, -0.1) is 11.3 Å². The molecule has 18 heavy (non-hydrogen) atoms. The van der Waals surface area contributed by atoms with Crippen molar-refractivity contribution in [2.75, 3.05) is 7.11 Å². The quantitative estimate of drug-likeness (QED) is 0.703. The molecular formula is C14H11NOS2. The number of methoxy groups -OCH3 is 1. The second kappa shape index (κ2) is 5.00. The highest BCUT2D eigenvalue weighted by Crippen LogP contribution is 2.38. The summed E-state index contributed by atoms with van der Waals surface area (Å²) in [5, 5.41) is 0. The van der Waals surface area contributed by atoms with Crippen LogP contribution in [-0.4, -0.2) is 12.1 Å². The lowest BCUT2D eigenvalue weighted by Gasteiger charge is -2.04. The third-order valence-electron chi connectivity index (χ3n) is 2.54. The van der Waals surface area contributed by atoms with Crippen molar-refractivity contribution in [3.8, 4) is 5.75 Å². The molecule has 2 nitrogen and oxygen atoms in total. The summed E-state index contributed by atoms with van der Waals surface area (Å²) < 4.78 is 7.61. The van der Waals surface area contributed by atoms with Gasteiger partial charge in [-0.2, -0.15) is 0 Å². The van der Waals surface area contributed by atoms with Crippen LogP contribution in [0.25, 0.3) is 10.2 Å². The Hall–Kier alpha value is -1.52. The molecule has 3 aromatic rings. The molecule has 0 bridgehead atoms. The lowest BCUT2D eigenvalue weighted by molar-refractivity contribution is 0.405. The van der Waals surface area contributed by atoms with Crippen LogP contribution in [0.15, 0.2) is 57.8 Å². The van der Waals surface area contributed by atoms with E-state index < -0.39 is 0 Å². The van der Waals surface area contributed by atoms with Crippen LogP contribution in [0.4, 0.5) is 0 Å². The predicted molar refractivity (Wildman–Crippen MR) is 76.7 cm³/mol. The first kappa shape index (κ1) is 11.6. The zero-order chi connectivity index (χ0) is 12.4. The second-order valence-corrected chi connectivity index (χ2v) is 6.02. The van der Waals surface area contributed by atoms with Crippen molar-refractivity contribution in [2.45, 2.75) is 9.24 Å². The van der Waals surface area contributed by atoms with Crippen molar-refractivity contribution < 1.29 is 4.74 Å². The Morgan fingerprint density at radius 1 is 1.06 bits per heavy atom. The smallest absolute Gasteiger partial charge is 0.156 e. The largest absolute Gasteiger partial charge is 0.496 e. The van der Waals surface area contributed by atoms with Crippen LogP contribution >= 0.6 is 23.1 Å². The van der Waals surface area contributed by atoms with Gasteiger partial charge in [0.1, 0.15) is 5.75 Å². The molecule has 0 atom stereocenters. The summed E-state index contributed by atoms with van der Waals surface area (Å²) in [5.41, 5.74) is 1.06. The van der Waals surface area contributed by atoms with E-state index in [-0.39, 0.29) is 0 Å². The Morgan fingerprint density at radius 2 is 1.83 bits per heavy atom. The molecule has 0 saturated heterocycles. The first-order chi connectivity index (χ1) is 8.86. The molecule has 0 fully saturated rings. The van der Waals surface area contributed by atoms with Crippen LogP contribution in [0.2, 0.25) is 0 Å². The van der Waals surface area contributed by atoms with E-state index >= 15 is 0 Å². The van der Waals surface area contributed by atoms with E-state index in [4.69, 9.17) is 4.74 Å². The molecule has 0 aliphatic heterocycles. The number of hydrogen-bond acceptors (Lipinski definition) is 4.